The zero-order valence-corrected chi connectivity index (χ0v) is 10.2. The van der Waals surface area contributed by atoms with Gasteiger partial charge in [0.25, 0.3) is 0 Å². The third-order valence-corrected chi connectivity index (χ3v) is 2.39. The highest BCUT2D eigenvalue weighted by Crippen LogP contribution is 2.27. The fraction of sp³-hybridized carbons (Fsp3) is 0.0833. The van der Waals surface area contributed by atoms with Gasteiger partial charge in [0.15, 0.2) is 0 Å². The van der Waals surface area contributed by atoms with Gasteiger partial charge in [-0.15, -0.1) is 13.2 Å². The van der Waals surface area contributed by atoms with E-state index < -0.39 is 6.36 Å². The van der Waals surface area contributed by atoms with Crippen molar-refractivity contribution in [3.05, 3.63) is 41.6 Å². The summed E-state index contributed by atoms with van der Waals surface area (Å²) in [5.74, 6) is -0.300. The van der Waals surface area contributed by atoms with E-state index >= 15 is 0 Å². The van der Waals surface area contributed by atoms with Crippen LogP contribution in [0.5, 0.6) is 5.75 Å². The molecular weight excluding hydrogens is 281 g/mol. The van der Waals surface area contributed by atoms with Gasteiger partial charge in [-0.25, -0.2) is 4.98 Å². The molecule has 7 heteroatoms. The molecule has 0 radical (unpaired) electrons. The molecule has 1 aromatic carbocycles. The van der Waals surface area contributed by atoms with Gasteiger partial charge in [-0.05, 0) is 36.4 Å². The summed E-state index contributed by atoms with van der Waals surface area (Å²) in [5.41, 5.74) is 7.10. The van der Waals surface area contributed by atoms with Gasteiger partial charge in [0, 0.05) is 11.3 Å². The Morgan fingerprint density at radius 2 is 1.74 bits per heavy atom. The number of ether oxygens (including phenoxy) is 1. The Kier molecular flexibility index (Phi) is 3.53. The quantitative estimate of drug-likeness (QED) is 0.853. The molecule has 0 unspecified atom stereocenters. The van der Waals surface area contributed by atoms with Crippen molar-refractivity contribution in [1.82, 2.24) is 4.98 Å². The lowest BCUT2D eigenvalue weighted by molar-refractivity contribution is -0.274. The number of pyridine rings is 1. The molecule has 0 saturated carbocycles. The highest BCUT2D eigenvalue weighted by molar-refractivity contribution is 6.29. The third kappa shape index (κ3) is 3.75. The molecular formula is C12H8ClF3N2O. The van der Waals surface area contributed by atoms with Crippen molar-refractivity contribution in [2.24, 2.45) is 0 Å². The first kappa shape index (κ1) is 13.5. The first-order valence-corrected chi connectivity index (χ1v) is 5.50. The number of aromatic nitrogens is 1. The normalized spacial score (nSPS) is 11.4. The molecule has 0 fully saturated rings. The van der Waals surface area contributed by atoms with Crippen LogP contribution in [0, 0.1) is 0 Å². The molecule has 0 bridgehead atoms. The van der Waals surface area contributed by atoms with E-state index in [4.69, 9.17) is 17.3 Å². The number of hydrogen-bond acceptors (Lipinski definition) is 3. The average molecular weight is 289 g/mol. The van der Waals surface area contributed by atoms with Crippen LogP contribution in [0.1, 0.15) is 0 Å². The minimum Gasteiger partial charge on any atom is -0.406 e. The number of nitrogen functional groups attached to an aromatic ring is 1. The summed E-state index contributed by atoms with van der Waals surface area (Å²) in [6.07, 6.45) is -4.71. The summed E-state index contributed by atoms with van der Waals surface area (Å²) in [7, 11) is 0. The zero-order valence-electron chi connectivity index (χ0n) is 9.41. The Morgan fingerprint density at radius 1 is 1.11 bits per heavy atom. The molecule has 3 nitrogen and oxygen atoms in total. The van der Waals surface area contributed by atoms with Crippen molar-refractivity contribution in [3.8, 4) is 17.0 Å². The van der Waals surface area contributed by atoms with Crippen LogP contribution in [0.25, 0.3) is 11.3 Å². The fourth-order valence-corrected chi connectivity index (χ4v) is 1.71. The SMILES string of the molecule is Nc1cc(Cl)nc(-c2ccc(OC(F)(F)F)cc2)c1. The van der Waals surface area contributed by atoms with E-state index in [9.17, 15) is 13.2 Å². The Morgan fingerprint density at radius 3 is 2.26 bits per heavy atom. The van der Waals surface area contributed by atoms with Crippen LogP contribution in [0.15, 0.2) is 36.4 Å². The van der Waals surface area contributed by atoms with E-state index in [1.54, 1.807) is 6.07 Å². The number of alkyl halides is 3. The van der Waals surface area contributed by atoms with Gasteiger partial charge in [0.1, 0.15) is 10.9 Å². The fourth-order valence-electron chi connectivity index (χ4n) is 1.49. The van der Waals surface area contributed by atoms with Crippen LogP contribution >= 0.6 is 11.6 Å². The molecule has 2 N–H and O–H groups in total. The van der Waals surface area contributed by atoms with Crippen molar-refractivity contribution in [2.45, 2.75) is 6.36 Å². The second kappa shape index (κ2) is 4.97. The highest BCUT2D eigenvalue weighted by atomic mass is 35.5. The van der Waals surface area contributed by atoms with Crippen molar-refractivity contribution < 1.29 is 17.9 Å². The summed E-state index contributed by atoms with van der Waals surface area (Å²) in [6.45, 7) is 0. The maximum absolute atomic E-state index is 12.0. The van der Waals surface area contributed by atoms with Crippen LogP contribution in [0.4, 0.5) is 18.9 Å². The summed E-state index contributed by atoms with van der Waals surface area (Å²) < 4.78 is 39.8. The lowest BCUT2D eigenvalue weighted by Crippen LogP contribution is -2.16. The first-order valence-electron chi connectivity index (χ1n) is 5.13. The van der Waals surface area contributed by atoms with E-state index in [0.29, 0.717) is 16.9 Å². The molecule has 0 amide bonds. The van der Waals surface area contributed by atoms with E-state index in [2.05, 4.69) is 9.72 Å². The molecule has 0 atom stereocenters. The van der Waals surface area contributed by atoms with Crippen LogP contribution in [0.2, 0.25) is 5.15 Å². The van der Waals surface area contributed by atoms with Gasteiger partial charge in [0.05, 0.1) is 5.69 Å². The third-order valence-electron chi connectivity index (χ3n) is 2.20. The number of hydrogen-bond donors (Lipinski definition) is 1. The van der Waals surface area contributed by atoms with Crippen LogP contribution in [-0.2, 0) is 0 Å². The Labute approximate surface area is 111 Å². The van der Waals surface area contributed by atoms with Gasteiger partial charge in [-0.1, -0.05) is 11.6 Å². The number of anilines is 1. The summed E-state index contributed by atoms with van der Waals surface area (Å²) in [5, 5.41) is 0.214. The van der Waals surface area contributed by atoms with E-state index in [-0.39, 0.29) is 10.9 Å². The average Bonchev–Trinajstić information content (AvgIpc) is 2.26. The lowest BCUT2D eigenvalue weighted by Gasteiger charge is -2.09. The maximum Gasteiger partial charge on any atom is 0.573 e. The van der Waals surface area contributed by atoms with Gasteiger partial charge < -0.3 is 10.5 Å². The molecule has 0 aliphatic heterocycles. The van der Waals surface area contributed by atoms with Gasteiger partial charge in [-0.2, -0.15) is 0 Å². The standard InChI is InChI=1S/C12H8ClF3N2O/c13-11-6-8(17)5-10(18-11)7-1-3-9(4-2-7)19-12(14,15)16/h1-6H,(H2,17,18). The number of halogens is 4. The molecule has 0 spiro atoms. The summed E-state index contributed by atoms with van der Waals surface area (Å²) in [4.78, 5) is 4.03. The van der Waals surface area contributed by atoms with Crippen molar-refractivity contribution in [1.29, 1.82) is 0 Å². The molecule has 19 heavy (non-hydrogen) atoms. The number of rotatable bonds is 2. The van der Waals surface area contributed by atoms with Gasteiger partial charge in [0.2, 0.25) is 0 Å². The first-order chi connectivity index (χ1) is 8.83. The number of nitrogens with zero attached hydrogens (tertiary/aromatic N) is 1. The minimum atomic E-state index is -4.71. The van der Waals surface area contributed by atoms with Crippen molar-refractivity contribution in [2.75, 3.05) is 5.73 Å². The van der Waals surface area contributed by atoms with E-state index in [1.807, 2.05) is 0 Å². The molecule has 0 saturated heterocycles. The topological polar surface area (TPSA) is 48.1 Å². The number of benzene rings is 1. The largest absolute Gasteiger partial charge is 0.573 e. The van der Waals surface area contributed by atoms with E-state index in [0.717, 1.165) is 0 Å². The predicted molar refractivity (Wildman–Crippen MR) is 65.8 cm³/mol. The molecule has 2 aromatic rings. The van der Waals surface area contributed by atoms with Crippen LogP contribution in [-0.4, -0.2) is 11.3 Å². The van der Waals surface area contributed by atoms with E-state index in [1.165, 1.54) is 30.3 Å². The Balaban J connectivity index is 2.27. The summed E-state index contributed by atoms with van der Waals surface area (Å²) >= 11 is 5.75. The number of nitrogens with two attached hydrogens (primary N) is 1. The molecule has 1 heterocycles. The molecule has 1 aromatic heterocycles. The maximum atomic E-state index is 12.0. The lowest BCUT2D eigenvalue weighted by atomic mass is 10.1. The smallest absolute Gasteiger partial charge is 0.406 e. The van der Waals surface area contributed by atoms with Crippen LogP contribution in [0.3, 0.4) is 0 Å². The van der Waals surface area contributed by atoms with Gasteiger partial charge >= 0.3 is 6.36 Å². The van der Waals surface area contributed by atoms with Gasteiger partial charge in [-0.3, -0.25) is 0 Å². The Hall–Kier alpha value is -1.95. The zero-order chi connectivity index (χ0) is 14.0. The molecule has 0 aliphatic carbocycles. The second-order valence-corrected chi connectivity index (χ2v) is 4.07. The Bertz CT molecular complexity index is 564. The molecule has 100 valence electrons. The highest BCUT2D eigenvalue weighted by Gasteiger charge is 2.30. The molecule has 0 aliphatic rings. The second-order valence-electron chi connectivity index (χ2n) is 3.68. The molecule has 2 rings (SSSR count). The summed E-state index contributed by atoms with van der Waals surface area (Å²) in [6, 6.07) is 8.33. The predicted octanol–water partition coefficient (Wildman–Crippen LogP) is 3.88. The van der Waals surface area contributed by atoms with Crippen molar-refractivity contribution in [3.63, 3.8) is 0 Å². The van der Waals surface area contributed by atoms with Crippen LogP contribution < -0.4 is 10.5 Å². The minimum absolute atomic E-state index is 0.214. The monoisotopic (exact) mass is 288 g/mol. The van der Waals surface area contributed by atoms with Crippen molar-refractivity contribution >= 4 is 17.3 Å².